The second kappa shape index (κ2) is 11.5. The van der Waals surface area contributed by atoms with Gasteiger partial charge in [-0.1, -0.05) is 47.5 Å². The Labute approximate surface area is 227 Å². The smallest absolute Gasteiger partial charge is 0.298 e. The zero-order valence-corrected chi connectivity index (χ0v) is 21.8. The van der Waals surface area contributed by atoms with Crippen molar-refractivity contribution in [3.05, 3.63) is 87.4 Å². The molecule has 1 amide bonds. The minimum Gasteiger partial charge on any atom is -0.478 e. The first-order valence-corrected chi connectivity index (χ1v) is 12.6. The highest BCUT2D eigenvalue weighted by molar-refractivity contribution is 6.34. The van der Waals surface area contributed by atoms with E-state index in [0.29, 0.717) is 47.4 Å². The van der Waals surface area contributed by atoms with Gasteiger partial charge in [0.2, 0.25) is 5.91 Å². The van der Waals surface area contributed by atoms with E-state index >= 15 is 4.39 Å². The number of pyridine rings is 1. The van der Waals surface area contributed by atoms with Crippen LogP contribution in [0.15, 0.2) is 54.7 Å². The molecule has 0 spiro atoms. The molecule has 38 heavy (non-hydrogen) atoms. The van der Waals surface area contributed by atoms with E-state index in [1.54, 1.807) is 6.07 Å². The van der Waals surface area contributed by atoms with Crippen LogP contribution in [0.3, 0.4) is 0 Å². The van der Waals surface area contributed by atoms with Gasteiger partial charge in [0.05, 0.1) is 29.7 Å². The van der Waals surface area contributed by atoms with Crippen LogP contribution in [-0.4, -0.2) is 35.3 Å². The van der Waals surface area contributed by atoms with Gasteiger partial charge in [0.25, 0.3) is 5.92 Å². The second-order valence-electron chi connectivity index (χ2n) is 9.06. The first-order valence-electron chi connectivity index (χ1n) is 11.8. The third-order valence-electron chi connectivity index (χ3n) is 6.29. The number of alkyl halides is 2. The highest BCUT2D eigenvalue weighted by atomic mass is 35.5. The Morgan fingerprint density at radius 3 is 2.47 bits per heavy atom. The summed E-state index contributed by atoms with van der Waals surface area (Å²) < 4.78 is 54.6. The monoisotopic (exact) mass is 568 g/mol. The number of rotatable bonds is 8. The van der Waals surface area contributed by atoms with Crippen molar-refractivity contribution in [1.82, 2.24) is 4.98 Å². The minimum atomic E-state index is -3.40. The van der Waals surface area contributed by atoms with E-state index in [4.69, 9.17) is 32.7 Å². The van der Waals surface area contributed by atoms with Gasteiger partial charge in [0, 0.05) is 36.4 Å². The maximum absolute atomic E-state index is 15.1. The fourth-order valence-corrected chi connectivity index (χ4v) is 4.74. The summed E-state index contributed by atoms with van der Waals surface area (Å²) in [6, 6.07) is 10.7. The van der Waals surface area contributed by atoms with Gasteiger partial charge in [0.1, 0.15) is 11.8 Å². The number of ether oxygens (including phenoxy) is 2. The fraction of sp³-hybridized carbons (Fsp3) is 0.333. The van der Waals surface area contributed by atoms with Crippen molar-refractivity contribution in [1.29, 1.82) is 0 Å². The van der Waals surface area contributed by atoms with Crippen LogP contribution in [0.4, 0.5) is 18.9 Å². The van der Waals surface area contributed by atoms with Gasteiger partial charge in [0.15, 0.2) is 17.2 Å². The SMILES string of the molecule is CC(O)C(F)(F)c1ccc(CC(=O)Nc2ccc(OC3(c4ncc(Cl)cc4Cl)CCOCC3)c(F)c2)cc1. The molecule has 0 saturated carbocycles. The van der Waals surface area contributed by atoms with Crippen molar-refractivity contribution in [3.63, 3.8) is 0 Å². The Morgan fingerprint density at radius 1 is 1.18 bits per heavy atom. The molecule has 1 aromatic heterocycles. The van der Waals surface area contributed by atoms with Crippen LogP contribution in [0.1, 0.15) is 36.6 Å². The van der Waals surface area contributed by atoms with E-state index in [-0.39, 0.29) is 23.4 Å². The molecule has 1 saturated heterocycles. The Hall–Kier alpha value is -2.85. The lowest BCUT2D eigenvalue weighted by atomic mass is 9.89. The summed E-state index contributed by atoms with van der Waals surface area (Å²) in [5.41, 5.74) is -0.280. The van der Waals surface area contributed by atoms with Gasteiger partial charge in [-0.3, -0.25) is 9.78 Å². The van der Waals surface area contributed by atoms with Gasteiger partial charge >= 0.3 is 0 Å². The molecule has 1 aliphatic heterocycles. The molecule has 1 aliphatic rings. The van der Waals surface area contributed by atoms with Gasteiger partial charge in [-0.05, 0) is 30.7 Å². The second-order valence-corrected chi connectivity index (χ2v) is 9.90. The van der Waals surface area contributed by atoms with E-state index < -0.39 is 29.4 Å². The first-order chi connectivity index (χ1) is 18.0. The molecule has 1 fully saturated rings. The van der Waals surface area contributed by atoms with E-state index in [9.17, 15) is 18.7 Å². The van der Waals surface area contributed by atoms with Gasteiger partial charge < -0.3 is 19.9 Å². The fourth-order valence-electron chi connectivity index (χ4n) is 4.19. The molecule has 1 atom stereocenters. The number of hydrogen-bond acceptors (Lipinski definition) is 5. The molecule has 2 N–H and O–H groups in total. The molecule has 11 heteroatoms. The molecule has 3 aromatic rings. The number of aliphatic hydroxyl groups is 1. The summed E-state index contributed by atoms with van der Waals surface area (Å²) >= 11 is 12.4. The third kappa shape index (κ3) is 6.23. The summed E-state index contributed by atoms with van der Waals surface area (Å²) in [6.07, 6.45) is 0.260. The number of carbonyl (C=O) groups excluding carboxylic acids is 1. The lowest BCUT2D eigenvalue weighted by Gasteiger charge is -2.37. The summed E-state index contributed by atoms with van der Waals surface area (Å²) in [5.74, 6) is -4.62. The number of nitrogens with one attached hydrogen (secondary N) is 1. The zero-order chi connectivity index (χ0) is 27.5. The molecular weight excluding hydrogens is 544 g/mol. The van der Waals surface area contributed by atoms with Gasteiger partial charge in [-0.25, -0.2) is 4.39 Å². The van der Waals surface area contributed by atoms with Crippen molar-refractivity contribution in [3.8, 4) is 5.75 Å². The summed E-state index contributed by atoms with van der Waals surface area (Å²) in [4.78, 5) is 16.8. The van der Waals surface area contributed by atoms with E-state index in [1.165, 1.54) is 30.5 Å². The number of anilines is 1. The predicted molar refractivity (Wildman–Crippen MR) is 137 cm³/mol. The van der Waals surface area contributed by atoms with Crippen molar-refractivity contribution in [2.75, 3.05) is 18.5 Å². The Kier molecular flexibility index (Phi) is 8.52. The summed E-state index contributed by atoms with van der Waals surface area (Å²) in [6.45, 7) is 1.74. The maximum atomic E-state index is 15.1. The van der Waals surface area contributed by atoms with Gasteiger partial charge in [-0.2, -0.15) is 8.78 Å². The number of benzene rings is 2. The Bertz CT molecular complexity index is 1300. The lowest BCUT2D eigenvalue weighted by Crippen LogP contribution is -2.40. The number of halogens is 5. The van der Waals surface area contributed by atoms with Crippen LogP contribution in [0.5, 0.6) is 5.75 Å². The molecule has 202 valence electrons. The predicted octanol–water partition coefficient (Wildman–Crippen LogP) is 6.27. The molecule has 2 aromatic carbocycles. The van der Waals surface area contributed by atoms with Crippen LogP contribution in [0, 0.1) is 5.82 Å². The topological polar surface area (TPSA) is 80.7 Å². The third-order valence-corrected chi connectivity index (χ3v) is 6.78. The molecule has 4 rings (SSSR count). The first kappa shape index (κ1) is 28.2. The van der Waals surface area contributed by atoms with E-state index in [0.717, 1.165) is 25.1 Å². The Morgan fingerprint density at radius 2 is 1.87 bits per heavy atom. The van der Waals surface area contributed by atoms with Crippen LogP contribution in [0.2, 0.25) is 10.0 Å². The molecular formula is C27H25Cl2F3N2O4. The van der Waals surface area contributed by atoms with Crippen molar-refractivity contribution >= 4 is 34.8 Å². The van der Waals surface area contributed by atoms with E-state index in [2.05, 4.69) is 10.3 Å². The lowest BCUT2D eigenvalue weighted by molar-refractivity contribution is -0.115. The number of carbonyl (C=O) groups is 1. The molecule has 2 heterocycles. The molecule has 6 nitrogen and oxygen atoms in total. The number of aliphatic hydroxyl groups excluding tert-OH is 1. The quantitative estimate of drug-likeness (QED) is 0.335. The van der Waals surface area contributed by atoms with Crippen LogP contribution >= 0.6 is 23.2 Å². The normalized spacial score (nSPS) is 16.1. The number of aromatic nitrogens is 1. The number of nitrogens with zero attached hydrogens (tertiary/aromatic N) is 1. The molecule has 1 unspecified atom stereocenters. The van der Waals surface area contributed by atoms with Crippen molar-refractivity contribution in [2.24, 2.45) is 0 Å². The van der Waals surface area contributed by atoms with Crippen LogP contribution in [-0.2, 0) is 27.5 Å². The largest absolute Gasteiger partial charge is 0.478 e. The molecule has 0 bridgehead atoms. The van der Waals surface area contributed by atoms with E-state index in [1.807, 2.05) is 0 Å². The average Bonchev–Trinajstić information content (AvgIpc) is 2.86. The highest BCUT2D eigenvalue weighted by Gasteiger charge is 2.41. The number of amides is 1. The standard InChI is InChI=1S/C27H25Cl2F3N2O4/c1-16(35)27(31,32)18-4-2-17(3-5-18)12-24(36)34-20-6-7-23(22(30)14-20)38-26(8-10-37-11-9-26)25-21(29)13-19(28)15-33-25/h2-7,13-16,35H,8-12H2,1H3,(H,34,36). The number of hydrogen-bond donors (Lipinski definition) is 2. The molecule has 0 aliphatic carbocycles. The maximum Gasteiger partial charge on any atom is 0.298 e. The summed E-state index contributed by atoms with van der Waals surface area (Å²) in [7, 11) is 0. The van der Waals surface area contributed by atoms with Crippen LogP contribution < -0.4 is 10.1 Å². The summed E-state index contributed by atoms with van der Waals surface area (Å²) in [5, 5.41) is 12.5. The highest BCUT2D eigenvalue weighted by Crippen LogP contribution is 2.41. The van der Waals surface area contributed by atoms with Crippen molar-refractivity contribution in [2.45, 2.75) is 43.8 Å². The minimum absolute atomic E-state index is 0.0488. The van der Waals surface area contributed by atoms with Gasteiger partial charge in [-0.15, -0.1) is 0 Å². The molecule has 0 radical (unpaired) electrons. The Balaban J connectivity index is 1.45. The zero-order valence-electron chi connectivity index (χ0n) is 20.3. The van der Waals surface area contributed by atoms with Crippen LogP contribution in [0.25, 0.3) is 0 Å². The van der Waals surface area contributed by atoms with Crippen molar-refractivity contribution < 1.29 is 32.5 Å². The average molecular weight is 569 g/mol.